The third kappa shape index (κ3) is 3.89. The molecule has 0 radical (unpaired) electrons. The Labute approximate surface area is 92.5 Å². The van der Waals surface area contributed by atoms with Crippen LogP contribution in [0.2, 0.25) is 17.3 Å². The Morgan fingerprint density at radius 2 is 1.43 bits per heavy atom. The summed E-state index contributed by atoms with van der Waals surface area (Å²) in [5.41, 5.74) is 1.23. The van der Waals surface area contributed by atoms with Crippen molar-refractivity contribution in [2.45, 2.75) is 56.3 Å². The number of carbonyl (C=O) groups excluding carboxylic acids is 1. The average Bonchev–Trinajstić information content (AvgIpc) is 1.95. The van der Waals surface area contributed by atoms with Crippen LogP contribution in [-0.2, 0) is 4.79 Å². The zero-order valence-corrected chi connectivity index (χ0v) is 13.5. The first-order valence-electron chi connectivity index (χ1n) is 5.25. The van der Waals surface area contributed by atoms with Gasteiger partial charge in [0.2, 0.25) is 0 Å². The zero-order chi connectivity index (χ0) is 11.5. The summed E-state index contributed by atoms with van der Waals surface area (Å²) >= 11 is -1.95. The van der Waals surface area contributed by atoms with E-state index in [-0.39, 0.29) is 7.92 Å². The fourth-order valence-electron chi connectivity index (χ4n) is 1.71. The van der Waals surface area contributed by atoms with Crippen molar-refractivity contribution in [3.05, 3.63) is 4.15 Å². The molecule has 0 aromatic carbocycles. The van der Waals surface area contributed by atoms with Gasteiger partial charge in [0.05, 0.1) is 0 Å². The van der Waals surface area contributed by atoms with Crippen molar-refractivity contribution in [2.75, 3.05) is 0 Å². The van der Waals surface area contributed by atoms with Gasteiger partial charge >= 0.3 is 92.4 Å². The van der Waals surface area contributed by atoms with Crippen LogP contribution in [0.3, 0.4) is 0 Å². The van der Waals surface area contributed by atoms with Gasteiger partial charge in [-0.1, -0.05) is 0 Å². The maximum atomic E-state index is 11.1. The third-order valence-corrected chi connectivity index (χ3v) is 13.3. The molecular formula is C11H23GeOP. The van der Waals surface area contributed by atoms with Crippen molar-refractivity contribution in [1.29, 1.82) is 0 Å². The van der Waals surface area contributed by atoms with Crippen LogP contribution in [0.15, 0.2) is 4.15 Å². The average molecular weight is 275 g/mol. The fourth-order valence-corrected chi connectivity index (χ4v) is 13.6. The fraction of sp³-hybridized carbons (Fsp3) is 0.818. The molecule has 0 saturated carbocycles. The van der Waals surface area contributed by atoms with Crippen LogP contribution in [0.25, 0.3) is 0 Å². The van der Waals surface area contributed by atoms with E-state index in [9.17, 15) is 4.79 Å². The molecule has 0 unspecified atom stereocenters. The standard InChI is InChI=1S/C11H23GeOP/c1-9(2)14(10(3)4)11(8-13)12(5,6)7/h9-10H,1-7H3. The van der Waals surface area contributed by atoms with Gasteiger partial charge in [-0.15, -0.1) is 0 Å². The SMILES string of the molecule is CC(C)P([C](=C=O)[Ge]([CH3])([CH3])[CH3])C(C)C. The molecule has 0 saturated heterocycles. The van der Waals surface area contributed by atoms with Gasteiger partial charge in [-0.05, 0) is 0 Å². The summed E-state index contributed by atoms with van der Waals surface area (Å²) in [6, 6.07) is 0. The Balaban J connectivity index is 5.10. The first kappa shape index (κ1) is 14.4. The Bertz CT molecular complexity index is 226. The molecule has 0 bridgehead atoms. The van der Waals surface area contributed by atoms with Crippen molar-refractivity contribution in [1.82, 2.24) is 0 Å². The quantitative estimate of drug-likeness (QED) is 0.432. The van der Waals surface area contributed by atoms with Gasteiger partial charge in [0.15, 0.2) is 0 Å². The van der Waals surface area contributed by atoms with Gasteiger partial charge in [0.1, 0.15) is 0 Å². The van der Waals surface area contributed by atoms with Crippen LogP contribution < -0.4 is 0 Å². The molecule has 3 heteroatoms. The molecule has 0 aromatic rings. The Hall–Kier alpha value is 0.423. The van der Waals surface area contributed by atoms with Crippen LogP contribution in [0.1, 0.15) is 27.7 Å². The van der Waals surface area contributed by atoms with E-state index in [4.69, 9.17) is 0 Å². The van der Waals surface area contributed by atoms with Crippen LogP contribution in [-0.4, -0.2) is 30.5 Å². The van der Waals surface area contributed by atoms with E-state index < -0.39 is 13.3 Å². The molecular weight excluding hydrogens is 252 g/mol. The molecule has 0 fully saturated rings. The van der Waals surface area contributed by atoms with E-state index in [0.717, 1.165) is 0 Å². The summed E-state index contributed by atoms with van der Waals surface area (Å²) in [7, 11) is -0.254. The minimum absolute atomic E-state index is 0.254. The molecule has 0 amide bonds. The summed E-state index contributed by atoms with van der Waals surface area (Å²) < 4.78 is 1.19. The van der Waals surface area contributed by atoms with E-state index in [2.05, 4.69) is 50.9 Å². The second-order valence-electron chi connectivity index (χ2n) is 5.30. The van der Waals surface area contributed by atoms with Gasteiger partial charge in [0, 0.05) is 0 Å². The van der Waals surface area contributed by atoms with Crippen LogP contribution >= 0.6 is 7.92 Å². The molecule has 0 aliphatic carbocycles. The predicted molar refractivity (Wildman–Crippen MR) is 69.7 cm³/mol. The summed E-state index contributed by atoms with van der Waals surface area (Å²) in [6.07, 6.45) is 0. The molecule has 0 aliphatic rings. The van der Waals surface area contributed by atoms with E-state index in [1.807, 2.05) is 0 Å². The first-order valence-corrected chi connectivity index (χ1v) is 14.1. The van der Waals surface area contributed by atoms with Gasteiger partial charge in [-0.3, -0.25) is 0 Å². The van der Waals surface area contributed by atoms with Crippen LogP contribution in [0.4, 0.5) is 0 Å². The summed E-state index contributed by atoms with van der Waals surface area (Å²) in [6.45, 7) is 8.93. The van der Waals surface area contributed by atoms with Crippen LogP contribution in [0, 0.1) is 0 Å². The van der Waals surface area contributed by atoms with Crippen molar-refractivity contribution in [3.63, 3.8) is 0 Å². The monoisotopic (exact) mass is 276 g/mol. The van der Waals surface area contributed by atoms with Crippen molar-refractivity contribution < 1.29 is 4.79 Å². The zero-order valence-electron chi connectivity index (χ0n) is 10.5. The van der Waals surface area contributed by atoms with Gasteiger partial charge in [0.25, 0.3) is 0 Å². The molecule has 0 aliphatic heterocycles. The Morgan fingerprint density at radius 1 is 1.07 bits per heavy atom. The number of hydrogen-bond donors (Lipinski definition) is 0. The molecule has 0 rings (SSSR count). The van der Waals surface area contributed by atoms with Crippen molar-refractivity contribution in [2.24, 2.45) is 0 Å². The summed E-state index contributed by atoms with van der Waals surface area (Å²) in [5, 5.41) is 0. The van der Waals surface area contributed by atoms with Gasteiger partial charge in [-0.25, -0.2) is 0 Å². The Kier molecular flexibility index (Phi) is 5.66. The molecule has 14 heavy (non-hydrogen) atoms. The predicted octanol–water partition coefficient (Wildman–Crippen LogP) is 3.88. The molecule has 0 N–H and O–H groups in total. The number of hydrogen-bond acceptors (Lipinski definition) is 1. The van der Waals surface area contributed by atoms with Gasteiger partial charge < -0.3 is 0 Å². The van der Waals surface area contributed by atoms with E-state index in [1.54, 1.807) is 0 Å². The summed E-state index contributed by atoms with van der Waals surface area (Å²) in [5.74, 6) is 9.16. The topological polar surface area (TPSA) is 17.1 Å². The third-order valence-electron chi connectivity index (χ3n) is 2.18. The van der Waals surface area contributed by atoms with E-state index >= 15 is 0 Å². The molecule has 82 valence electrons. The number of rotatable bonds is 4. The van der Waals surface area contributed by atoms with Crippen LogP contribution in [0.5, 0.6) is 0 Å². The molecule has 0 atom stereocenters. The molecule has 0 spiro atoms. The molecule has 0 heterocycles. The summed E-state index contributed by atoms with van der Waals surface area (Å²) in [4.78, 5) is 11.1. The van der Waals surface area contributed by atoms with E-state index in [0.29, 0.717) is 11.3 Å². The van der Waals surface area contributed by atoms with Crippen molar-refractivity contribution >= 4 is 27.1 Å². The van der Waals surface area contributed by atoms with Crippen molar-refractivity contribution in [3.8, 4) is 0 Å². The molecule has 0 aromatic heterocycles. The van der Waals surface area contributed by atoms with E-state index in [1.165, 1.54) is 4.15 Å². The van der Waals surface area contributed by atoms with Gasteiger partial charge in [-0.2, -0.15) is 0 Å². The normalized spacial score (nSPS) is 12.4. The molecule has 1 nitrogen and oxygen atoms in total. The minimum atomic E-state index is -1.95. The Morgan fingerprint density at radius 3 is 1.50 bits per heavy atom. The second-order valence-corrected chi connectivity index (χ2v) is 20.0. The maximum absolute atomic E-state index is 11.1. The first-order chi connectivity index (χ1) is 6.21. The second kappa shape index (κ2) is 5.49.